The van der Waals surface area contributed by atoms with E-state index < -0.39 is 10.0 Å². The van der Waals surface area contributed by atoms with E-state index in [4.69, 9.17) is 0 Å². The minimum atomic E-state index is -3.26. The molecule has 2 N–H and O–H groups in total. The maximum absolute atomic E-state index is 12.3. The third kappa shape index (κ3) is 5.09. The fraction of sp³-hybridized carbons (Fsp3) is 0.625. The highest BCUT2D eigenvalue weighted by Gasteiger charge is 2.25. The molecule has 0 spiro atoms. The van der Waals surface area contributed by atoms with Crippen LogP contribution in [0.4, 0.5) is 0 Å². The molecule has 118 valence electrons. The Labute approximate surface area is 128 Å². The Morgan fingerprint density at radius 1 is 1.10 bits per heavy atom. The molecule has 0 radical (unpaired) electrons. The van der Waals surface area contributed by atoms with E-state index in [-0.39, 0.29) is 11.8 Å². The topological polar surface area (TPSA) is 58.2 Å². The second-order valence-corrected chi connectivity index (χ2v) is 7.85. The minimum absolute atomic E-state index is 0.0655. The van der Waals surface area contributed by atoms with Gasteiger partial charge in [-0.25, -0.2) is 13.1 Å². The number of benzene rings is 1. The van der Waals surface area contributed by atoms with Gasteiger partial charge >= 0.3 is 0 Å². The highest BCUT2D eigenvalue weighted by atomic mass is 32.2. The standard InChI is InChI=1S/C16H26N2O2S/c1-13-5-3-4-6-16(13)18-21(19,20)12-15-9-7-14(8-10-15)11-17-2/h7-10,13,16-18H,3-6,11-12H2,1-2H3. The monoisotopic (exact) mass is 310 g/mol. The van der Waals surface area contributed by atoms with Gasteiger partial charge in [-0.15, -0.1) is 0 Å². The fourth-order valence-electron chi connectivity index (χ4n) is 2.94. The van der Waals surface area contributed by atoms with Gasteiger partial charge in [-0.3, -0.25) is 0 Å². The largest absolute Gasteiger partial charge is 0.316 e. The molecule has 0 heterocycles. The van der Waals surface area contributed by atoms with Crippen LogP contribution in [0.1, 0.15) is 43.7 Å². The second-order valence-electron chi connectivity index (χ2n) is 6.09. The van der Waals surface area contributed by atoms with Crippen LogP contribution in [0, 0.1) is 5.92 Å². The average molecular weight is 310 g/mol. The molecule has 1 saturated carbocycles. The number of rotatable bonds is 6. The van der Waals surface area contributed by atoms with Gasteiger partial charge in [-0.1, -0.05) is 44.0 Å². The van der Waals surface area contributed by atoms with Crippen LogP contribution in [0.25, 0.3) is 0 Å². The first-order chi connectivity index (χ1) is 10.00. The highest BCUT2D eigenvalue weighted by molar-refractivity contribution is 7.88. The zero-order chi connectivity index (χ0) is 15.3. The van der Waals surface area contributed by atoms with Crippen LogP contribution in [0.2, 0.25) is 0 Å². The summed E-state index contributed by atoms with van der Waals surface area (Å²) in [5.74, 6) is 0.502. The molecular weight excluding hydrogens is 284 g/mol. The summed E-state index contributed by atoms with van der Waals surface area (Å²) in [5, 5.41) is 3.08. The van der Waals surface area contributed by atoms with Crippen LogP contribution in [-0.4, -0.2) is 21.5 Å². The van der Waals surface area contributed by atoms with Crippen molar-refractivity contribution in [2.24, 2.45) is 5.92 Å². The van der Waals surface area contributed by atoms with Gasteiger partial charge in [-0.2, -0.15) is 0 Å². The van der Waals surface area contributed by atoms with E-state index in [1.165, 1.54) is 6.42 Å². The van der Waals surface area contributed by atoms with Crippen molar-refractivity contribution in [3.8, 4) is 0 Å². The van der Waals surface area contributed by atoms with Crippen molar-refractivity contribution >= 4 is 10.0 Å². The van der Waals surface area contributed by atoms with Crippen LogP contribution in [0.5, 0.6) is 0 Å². The Morgan fingerprint density at radius 2 is 1.71 bits per heavy atom. The number of hydrogen-bond acceptors (Lipinski definition) is 3. The van der Waals surface area contributed by atoms with E-state index in [9.17, 15) is 8.42 Å². The van der Waals surface area contributed by atoms with Crippen molar-refractivity contribution in [3.05, 3.63) is 35.4 Å². The Bertz CT molecular complexity index is 540. The second kappa shape index (κ2) is 7.38. The summed E-state index contributed by atoms with van der Waals surface area (Å²) in [7, 11) is -1.36. The molecule has 0 saturated heterocycles. The van der Waals surface area contributed by atoms with Crippen LogP contribution in [0.3, 0.4) is 0 Å². The Morgan fingerprint density at radius 3 is 2.33 bits per heavy atom. The van der Waals surface area contributed by atoms with E-state index in [0.29, 0.717) is 5.92 Å². The SMILES string of the molecule is CNCc1ccc(CS(=O)(=O)NC2CCCCC2C)cc1. The van der Waals surface area contributed by atoms with Gasteiger partial charge < -0.3 is 5.32 Å². The van der Waals surface area contributed by atoms with Crippen molar-refractivity contribution in [1.29, 1.82) is 0 Å². The minimum Gasteiger partial charge on any atom is -0.316 e. The number of sulfonamides is 1. The van der Waals surface area contributed by atoms with Crippen LogP contribution in [-0.2, 0) is 22.3 Å². The zero-order valence-corrected chi connectivity index (χ0v) is 13.7. The van der Waals surface area contributed by atoms with Crippen molar-refractivity contribution < 1.29 is 8.42 Å². The summed E-state index contributed by atoms with van der Waals surface area (Å²) < 4.78 is 27.5. The third-order valence-corrected chi connectivity index (χ3v) is 5.58. The van der Waals surface area contributed by atoms with Gasteiger partial charge in [0.25, 0.3) is 0 Å². The maximum Gasteiger partial charge on any atom is 0.216 e. The van der Waals surface area contributed by atoms with Gasteiger partial charge in [0.05, 0.1) is 5.75 Å². The predicted molar refractivity (Wildman–Crippen MR) is 86.4 cm³/mol. The van der Waals surface area contributed by atoms with Gasteiger partial charge in [0.2, 0.25) is 10.0 Å². The fourth-order valence-corrected chi connectivity index (χ4v) is 4.47. The molecule has 21 heavy (non-hydrogen) atoms. The normalized spacial score (nSPS) is 23.1. The molecule has 2 unspecified atom stereocenters. The molecule has 1 aromatic rings. The maximum atomic E-state index is 12.3. The average Bonchev–Trinajstić information content (AvgIpc) is 2.43. The summed E-state index contributed by atoms with van der Waals surface area (Å²) >= 11 is 0. The zero-order valence-electron chi connectivity index (χ0n) is 12.9. The molecule has 5 heteroatoms. The first kappa shape index (κ1) is 16.5. The first-order valence-electron chi connectivity index (χ1n) is 7.72. The number of hydrogen-bond donors (Lipinski definition) is 2. The molecule has 2 atom stereocenters. The highest BCUT2D eigenvalue weighted by Crippen LogP contribution is 2.24. The molecular formula is C16H26N2O2S. The lowest BCUT2D eigenvalue weighted by Crippen LogP contribution is -2.41. The van der Waals surface area contributed by atoms with E-state index in [0.717, 1.165) is 36.9 Å². The molecule has 1 aromatic carbocycles. The molecule has 0 bridgehead atoms. The molecule has 1 aliphatic carbocycles. The molecule has 2 rings (SSSR count). The van der Waals surface area contributed by atoms with Crippen LogP contribution in [0.15, 0.2) is 24.3 Å². The number of nitrogens with one attached hydrogen (secondary N) is 2. The van der Waals surface area contributed by atoms with Gasteiger partial charge in [-0.05, 0) is 36.9 Å². The summed E-state index contributed by atoms with van der Waals surface area (Å²) in [6.07, 6.45) is 4.41. The molecule has 1 aliphatic rings. The van der Waals surface area contributed by atoms with Crippen molar-refractivity contribution in [1.82, 2.24) is 10.0 Å². The molecule has 4 nitrogen and oxygen atoms in total. The van der Waals surface area contributed by atoms with Crippen molar-refractivity contribution in [2.45, 2.75) is 50.9 Å². The third-order valence-electron chi connectivity index (χ3n) is 4.20. The smallest absolute Gasteiger partial charge is 0.216 e. The lowest BCUT2D eigenvalue weighted by molar-refractivity contribution is 0.310. The first-order valence-corrected chi connectivity index (χ1v) is 9.38. The summed E-state index contributed by atoms with van der Waals surface area (Å²) in [5.41, 5.74) is 2.00. The van der Waals surface area contributed by atoms with Gasteiger partial charge in [0.1, 0.15) is 0 Å². The molecule has 1 fully saturated rings. The Kier molecular flexibility index (Phi) is 5.79. The molecule has 0 aliphatic heterocycles. The van der Waals surface area contributed by atoms with E-state index >= 15 is 0 Å². The van der Waals surface area contributed by atoms with Gasteiger partial charge in [0, 0.05) is 12.6 Å². The van der Waals surface area contributed by atoms with Crippen molar-refractivity contribution in [2.75, 3.05) is 7.05 Å². The molecule has 0 amide bonds. The van der Waals surface area contributed by atoms with Crippen LogP contribution >= 0.6 is 0 Å². The quantitative estimate of drug-likeness (QED) is 0.848. The summed E-state index contributed by atoms with van der Waals surface area (Å²) in [6.45, 7) is 2.93. The lowest BCUT2D eigenvalue weighted by Gasteiger charge is -2.29. The summed E-state index contributed by atoms with van der Waals surface area (Å²) in [4.78, 5) is 0. The summed E-state index contributed by atoms with van der Waals surface area (Å²) in [6, 6.07) is 7.86. The van der Waals surface area contributed by atoms with E-state index in [1.54, 1.807) is 0 Å². The van der Waals surface area contributed by atoms with E-state index in [2.05, 4.69) is 17.0 Å². The Hall–Kier alpha value is -0.910. The van der Waals surface area contributed by atoms with Crippen LogP contribution < -0.4 is 10.0 Å². The van der Waals surface area contributed by atoms with Crippen molar-refractivity contribution in [3.63, 3.8) is 0 Å². The van der Waals surface area contributed by atoms with E-state index in [1.807, 2.05) is 31.3 Å². The lowest BCUT2D eigenvalue weighted by atomic mass is 9.87. The Balaban J connectivity index is 1.96. The molecule has 0 aromatic heterocycles. The predicted octanol–water partition coefficient (Wildman–Crippen LogP) is 2.40. The van der Waals surface area contributed by atoms with Gasteiger partial charge in [0.15, 0.2) is 0 Å².